The van der Waals surface area contributed by atoms with E-state index in [4.69, 9.17) is 18.9 Å². The number of benzene rings is 1. The van der Waals surface area contributed by atoms with Gasteiger partial charge >= 0.3 is 12.1 Å². The monoisotopic (exact) mass is 319 g/mol. The van der Waals surface area contributed by atoms with Gasteiger partial charge in [-0.25, -0.2) is 14.5 Å². The largest absolute Gasteiger partial charge is 0.468 e. The molecular weight excluding hydrogens is 302 g/mol. The van der Waals surface area contributed by atoms with Crippen molar-refractivity contribution in [3.8, 4) is 0 Å². The van der Waals surface area contributed by atoms with Crippen molar-refractivity contribution >= 4 is 17.7 Å². The summed E-state index contributed by atoms with van der Waals surface area (Å²) in [6, 6.07) is 7.26. The summed E-state index contributed by atoms with van der Waals surface area (Å²) in [6.45, 7) is 1.82. The van der Waals surface area contributed by atoms with Gasteiger partial charge in [0.15, 0.2) is 6.23 Å². The van der Waals surface area contributed by atoms with Gasteiger partial charge in [-0.1, -0.05) is 18.2 Å². The first-order valence-electron chi connectivity index (χ1n) is 7.01. The van der Waals surface area contributed by atoms with Gasteiger partial charge < -0.3 is 18.9 Å². The molecule has 1 saturated heterocycles. The summed E-state index contributed by atoms with van der Waals surface area (Å²) < 4.78 is 20.7. The van der Waals surface area contributed by atoms with Crippen molar-refractivity contribution in [3.63, 3.8) is 0 Å². The molecule has 2 aliphatic heterocycles. The van der Waals surface area contributed by atoms with Gasteiger partial charge in [-0.3, -0.25) is 0 Å². The zero-order valence-corrected chi connectivity index (χ0v) is 13.3. The molecular formula is C16H17NO6. The second kappa shape index (κ2) is 5.19. The fraction of sp³-hybridized carbons (Fsp3) is 0.375. The molecule has 2 heterocycles. The van der Waals surface area contributed by atoms with Gasteiger partial charge in [-0.2, -0.15) is 0 Å². The van der Waals surface area contributed by atoms with E-state index in [9.17, 15) is 9.59 Å². The Labute approximate surface area is 133 Å². The van der Waals surface area contributed by atoms with Crippen molar-refractivity contribution in [3.05, 3.63) is 41.3 Å². The Morgan fingerprint density at radius 3 is 2.43 bits per heavy atom. The number of esters is 1. The molecule has 1 aromatic carbocycles. The highest BCUT2D eigenvalue weighted by molar-refractivity contribution is 6.02. The molecule has 7 nitrogen and oxygen atoms in total. The highest BCUT2D eigenvalue weighted by atomic mass is 16.7. The molecule has 0 aromatic heterocycles. The fourth-order valence-corrected chi connectivity index (χ4v) is 3.32. The molecule has 1 fully saturated rings. The van der Waals surface area contributed by atoms with Gasteiger partial charge in [-0.15, -0.1) is 0 Å². The van der Waals surface area contributed by atoms with E-state index in [0.29, 0.717) is 5.69 Å². The molecule has 122 valence electrons. The Morgan fingerprint density at radius 2 is 1.83 bits per heavy atom. The number of anilines is 1. The van der Waals surface area contributed by atoms with Crippen molar-refractivity contribution in [2.75, 3.05) is 26.2 Å². The SMILES string of the molecule is COC(=O)N1c2ccccc2C2(C)C(=C(OC)OC)C(=O)OC12. The van der Waals surface area contributed by atoms with Crippen LogP contribution in [-0.4, -0.2) is 39.6 Å². The number of rotatable bonds is 2. The lowest BCUT2D eigenvalue weighted by Gasteiger charge is -2.26. The molecule has 1 aromatic rings. The zero-order valence-electron chi connectivity index (χ0n) is 13.3. The lowest BCUT2D eigenvalue weighted by molar-refractivity contribution is -0.139. The average molecular weight is 319 g/mol. The lowest BCUT2D eigenvalue weighted by atomic mass is 9.78. The zero-order chi connectivity index (χ0) is 16.8. The van der Waals surface area contributed by atoms with Crippen LogP contribution in [0, 0.1) is 0 Å². The van der Waals surface area contributed by atoms with Gasteiger partial charge in [0.05, 0.1) is 32.4 Å². The predicted octanol–water partition coefficient (Wildman–Crippen LogP) is 1.92. The first kappa shape index (κ1) is 15.2. The van der Waals surface area contributed by atoms with Crippen LogP contribution in [0.5, 0.6) is 0 Å². The Balaban J connectivity index is 2.28. The van der Waals surface area contributed by atoms with Crippen molar-refractivity contribution in [1.82, 2.24) is 0 Å². The van der Waals surface area contributed by atoms with E-state index in [0.717, 1.165) is 5.56 Å². The lowest BCUT2D eigenvalue weighted by Crippen LogP contribution is -2.44. The van der Waals surface area contributed by atoms with Crippen LogP contribution in [0.15, 0.2) is 35.8 Å². The maximum absolute atomic E-state index is 12.4. The van der Waals surface area contributed by atoms with E-state index >= 15 is 0 Å². The van der Waals surface area contributed by atoms with Crippen LogP contribution < -0.4 is 4.90 Å². The number of hydrogen-bond donors (Lipinski definition) is 0. The number of fused-ring (bicyclic) bond motifs is 3. The highest BCUT2D eigenvalue weighted by Gasteiger charge is 2.63. The molecule has 1 amide bonds. The van der Waals surface area contributed by atoms with E-state index in [-0.39, 0.29) is 11.5 Å². The number of para-hydroxylation sites is 1. The summed E-state index contributed by atoms with van der Waals surface area (Å²) >= 11 is 0. The number of ether oxygens (including phenoxy) is 4. The van der Waals surface area contributed by atoms with E-state index in [1.807, 2.05) is 19.1 Å². The van der Waals surface area contributed by atoms with E-state index in [2.05, 4.69) is 0 Å². The van der Waals surface area contributed by atoms with Crippen molar-refractivity contribution < 1.29 is 28.5 Å². The van der Waals surface area contributed by atoms with E-state index < -0.39 is 23.7 Å². The van der Waals surface area contributed by atoms with Crippen LogP contribution in [0.1, 0.15) is 12.5 Å². The van der Waals surface area contributed by atoms with E-state index in [1.165, 1.54) is 26.2 Å². The fourth-order valence-electron chi connectivity index (χ4n) is 3.32. The first-order valence-corrected chi connectivity index (χ1v) is 7.01. The molecule has 0 radical (unpaired) electrons. The van der Waals surface area contributed by atoms with Crippen LogP contribution in [0.3, 0.4) is 0 Å². The topological polar surface area (TPSA) is 74.3 Å². The van der Waals surface area contributed by atoms with Crippen molar-refractivity contribution in [2.24, 2.45) is 0 Å². The van der Waals surface area contributed by atoms with Crippen molar-refractivity contribution in [1.29, 1.82) is 0 Å². The number of nitrogens with zero attached hydrogens (tertiary/aromatic N) is 1. The Bertz CT molecular complexity index is 706. The van der Waals surface area contributed by atoms with E-state index in [1.54, 1.807) is 12.1 Å². The van der Waals surface area contributed by atoms with Gasteiger partial charge in [0.25, 0.3) is 5.95 Å². The van der Waals surface area contributed by atoms with Crippen LogP contribution in [0.2, 0.25) is 0 Å². The second-order valence-corrected chi connectivity index (χ2v) is 5.39. The Kier molecular flexibility index (Phi) is 3.43. The molecule has 0 aliphatic carbocycles. The molecule has 0 N–H and O–H groups in total. The molecule has 0 saturated carbocycles. The normalized spacial score (nSPS) is 24.7. The second-order valence-electron chi connectivity index (χ2n) is 5.39. The minimum absolute atomic E-state index is 0.0709. The Morgan fingerprint density at radius 1 is 1.17 bits per heavy atom. The third-order valence-electron chi connectivity index (χ3n) is 4.34. The number of hydrogen-bond acceptors (Lipinski definition) is 6. The smallest absolute Gasteiger partial charge is 0.417 e. The van der Waals surface area contributed by atoms with Crippen LogP contribution in [0.25, 0.3) is 0 Å². The summed E-state index contributed by atoms with van der Waals surface area (Å²) in [5.74, 6) is -0.513. The molecule has 0 spiro atoms. The molecule has 2 aliphatic rings. The maximum atomic E-state index is 12.4. The molecule has 3 rings (SSSR count). The third-order valence-corrected chi connectivity index (χ3v) is 4.34. The van der Waals surface area contributed by atoms with Crippen LogP contribution in [-0.2, 0) is 29.2 Å². The quantitative estimate of drug-likeness (QED) is 0.471. The standard InChI is InChI=1S/C16H17NO6/c1-16-9-7-5-6-8-10(9)17(15(19)22-4)14(16)23-12(18)11(16)13(20-2)21-3/h5-8,14H,1-4H3. The van der Waals surface area contributed by atoms with Crippen molar-refractivity contribution in [2.45, 2.75) is 18.6 Å². The summed E-state index contributed by atoms with van der Waals surface area (Å²) in [6.07, 6.45) is -1.45. The highest BCUT2D eigenvalue weighted by Crippen LogP contribution is 2.54. The minimum Gasteiger partial charge on any atom is -0.468 e. The predicted molar refractivity (Wildman–Crippen MR) is 79.6 cm³/mol. The molecule has 23 heavy (non-hydrogen) atoms. The van der Waals surface area contributed by atoms with Gasteiger partial charge in [0.1, 0.15) is 5.57 Å². The average Bonchev–Trinajstić information content (AvgIpc) is 2.96. The molecule has 7 heteroatoms. The van der Waals surface area contributed by atoms with Crippen LogP contribution >= 0.6 is 0 Å². The number of carbonyl (C=O) groups is 2. The van der Waals surface area contributed by atoms with Gasteiger partial charge in [0.2, 0.25) is 0 Å². The Hall–Kier alpha value is -2.70. The molecule has 2 atom stereocenters. The summed E-state index contributed by atoms with van der Waals surface area (Å²) in [5.41, 5.74) is 0.723. The third kappa shape index (κ3) is 1.82. The summed E-state index contributed by atoms with van der Waals surface area (Å²) in [5, 5.41) is 0. The minimum atomic E-state index is -0.913. The van der Waals surface area contributed by atoms with Gasteiger partial charge in [0, 0.05) is 0 Å². The van der Waals surface area contributed by atoms with Gasteiger partial charge in [-0.05, 0) is 18.6 Å². The number of amides is 1. The van der Waals surface area contributed by atoms with Crippen LogP contribution in [0.4, 0.5) is 10.5 Å². The summed E-state index contributed by atoms with van der Waals surface area (Å²) in [7, 11) is 4.10. The summed E-state index contributed by atoms with van der Waals surface area (Å²) in [4.78, 5) is 26.0. The number of carbonyl (C=O) groups excluding carboxylic acids is 2. The molecule has 0 bridgehead atoms. The molecule has 2 unspecified atom stereocenters. The number of methoxy groups -OCH3 is 3. The maximum Gasteiger partial charge on any atom is 0.417 e. The first-order chi connectivity index (χ1) is 11.0.